The van der Waals surface area contributed by atoms with E-state index in [1.165, 1.54) is 0 Å². The van der Waals surface area contributed by atoms with Crippen molar-refractivity contribution >= 4 is 0 Å². The highest BCUT2D eigenvalue weighted by Gasteiger charge is 2.41. The summed E-state index contributed by atoms with van der Waals surface area (Å²) in [6.45, 7) is 6.40. The van der Waals surface area contributed by atoms with Gasteiger partial charge in [-0.05, 0) is 11.1 Å². The molecule has 3 atom stereocenters. The van der Waals surface area contributed by atoms with Crippen LogP contribution in [0, 0.1) is 12.3 Å². The van der Waals surface area contributed by atoms with Crippen molar-refractivity contribution in [3.63, 3.8) is 0 Å². The maximum atomic E-state index is 6.26. The summed E-state index contributed by atoms with van der Waals surface area (Å²) in [7, 11) is 0. The van der Waals surface area contributed by atoms with Crippen molar-refractivity contribution < 1.29 is 9.47 Å². The smallest absolute Gasteiger partial charge is 0.104 e. The minimum atomic E-state index is -0.0928. The fourth-order valence-corrected chi connectivity index (χ4v) is 3.35. The molecule has 0 spiro atoms. The molecule has 3 heteroatoms. The van der Waals surface area contributed by atoms with Gasteiger partial charge >= 0.3 is 0 Å². The van der Waals surface area contributed by atoms with Gasteiger partial charge in [-0.2, -0.15) is 0 Å². The van der Waals surface area contributed by atoms with Gasteiger partial charge in [0.05, 0.1) is 31.9 Å². The van der Waals surface area contributed by atoms with Crippen LogP contribution in [0.15, 0.2) is 73.3 Å². The van der Waals surface area contributed by atoms with Crippen LogP contribution in [0.2, 0.25) is 0 Å². The number of ether oxygens (including phenoxy) is 2. The molecule has 1 aliphatic heterocycles. The van der Waals surface area contributed by atoms with Gasteiger partial charge in [0.15, 0.2) is 0 Å². The van der Waals surface area contributed by atoms with Crippen LogP contribution in [0.3, 0.4) is 0 Å². The van der Waals surface area contributed by atoms with Crippen molar-refractivity contribution in [3.8, 4) is 12.3 Å². The van der Waals surface area contributed by atoms with Gasteiger partial charge in [0.25, 0.3) is 0 Å². The summed E-state index contributed by atoms with van der Waals surface area (Å²) in [6.07, 6.45) is 7.32. The number of terminal acetylenes is 1. The largest absolute Gasteiger partial charge is 0.369 e. The third kappa shape index (κ3) is 4.62. The van der Waals surface area contributed by atoms with Gasteiger partial charge in [-0.1, -0.05) is 72.7 Å². The first-order valence-electron chi connectivity index (χ1n) is 8.93. The number of benzene rings is 2. The minimum Gasteiger partial charge on any atom is -0.369 e. The molecule has 1 heterocycles. The zero-order valence-corrected chi connectivity index (χ0v) is 15.0. The van der Waals surface area contributed by atoms with Crippen LogP contribution in [-0.4, -0.2) is 36.2 Å². The molecule has 0 saturated carbocycles. The number of hydrogen-bond donors (Lipinski definition) is 0. The molecule has 3 nitrogen and oxygen atoms in total. The Hall–Kier alpha value is -2.38. The lowest BCUT2D eigenvalue weighted by Gasteiger charge is -2.25. The molecule has 1 saturated heterocycles. The Morgan fingerprint density at radius 3 is 2.12 bits per heavy atom. The van der Waals surface area contributed by atoms with E-state index in [9.17, 15) is 0 Å². The van der Waals surface area contributed by atoms with Crippen LogP contribution < -0.4 is 0 Å². The molecule has 0 amide bonds. The summed E-state index contributed by atoms with van der Waals surface area (Å²) in [5, 5.41) is 0. The molecule has 134 valence electrons. The van der Waals surface area contributed by atoms with Gasteiger partial charge in [-0.25, -0.2) is 0 Å². The Morgan fingerprint density at radius 1 is 1.00 bits per heavy atom. The normalized spacial score (nSPS) is 22.8. The average Bonchev–Trinajstić information content (AvgIpc) is 3.03. The Bertz CT molecular complexity index is 723. The molecule has 0 unspecified atom stereocenters. The van der Waals surface area contributed by atoms with E-state index in [-0.39, 0.29) is 18.2 Å². The number of rotatable bonds is 8. The first kappa shape index (κ1) is 18.4. The lowest BCUT2D eigenvalue weighted by atomic mass is 10.1. The lowest BCUT2D eigenvalue weighted by molar-refractivity contribution is -0.0659. The van der Waals surface area contributed by atoms with Crippen molar-refractivity contribution in [1.82, 2.24) is 4.90 Å². The molecular weight excluding hydrogens is 322 g/mol. The van der Waals surface area contributed by atoms with Crippen LogP contribution in [0.5, 0.6) is 0 Å². The van der Waals surface area contributed by atoms with Crippen molar-refractivity contribution in [3.05, 3.63) is 84.4 Å². The molecule has 3 rings (SSSR count). The Kier molecular flexibility index (Phi) is 6.62. The van der Waals surface area contributed by atoms with Crippen molar-refractivity contribution in [2.75, 3.05) is 13.1 Å². The van der Waals surface area contributed by atoms with Gasteiger partial charge in [0.2, 0.25) is 0 Å². The third-order valence-corrected chi connectivity index (χ3v) is 4.67. The topological polar surface area (TPSA) is 21.7 Å². The molecule has 0 aliphatic carbocycles. The highest BCUT2D eigenvalue weighted by Crippen LogP contribution is 2.26. The van der Waals surface area contributed by atoms with E-state index in [4.69, 9.17) is 15.9 Å². The average molecular weight is 347 g/mol. The summed E-state index contributed by atoms with van der Waals surface area (Å²) >= 11 is 0. The second-order valence-electron chi connectivity index (χ2n) is 6.46. The maximum Gasteiger partial charge on any atom is 0.104 e. The van der Waals surface area contributed by atoms with E-state index in [1.807, 2.05) is 42.5 Å². The summed E-state index contributed by atoms with van der Waals surface area (Å²) in [4.78, 5) is 2.19. The molecule has 2 aromatic carbocycles. The van der Waals surface area contributed by atoms with E-state index >= 15 is 0 Å². The SMILES string of the molecule is C#CCN1C[C@H](OCc2ccccc2)[C@@H](OCc2ccccc2)[C@@H]1C=C. The van der Waals surface area contributed by atoms with E-state index in [2.05, 4.69) is 41.7 Å². The molecule has 26 heavy (non-hydrogen) atoms. The molecule has 2 aromatic rings. The summed E-state index contributed by atoms with van der Waals surface area (Å²) in [5.41, 5.74) is 2.30. The fourth-order valence-electron chi connectivity index (χ4n) is 3.35. The van der Waals surface area contributed by atoms with Crippen LogP contribution >= 0.6 is 0 Å². The van der Waals surface area contributed by atoms with E-state index in [1.54, 1.807) is 0 Å². The van der Waals surface area contributed by atoms with E-state index in [0.717, 1.165) is 17.7 Å². The Labute approximate surface area is 156 Å². The maximum absolute atomic E-state index is 6.26. The molecule has 0 N–H and O–H groups in total. The van der Waals surface area contributed by atoms with Crippen molar-refractivity contribution in [2.24, 2.45) is 0 Å². The highest BCUT2D eigenvalue weighted by atomic mass is 16.5. The highest BCUT2D eigenvalue weighted by molar-refractivity contribution is 5.15. The first-order chi connectivity index (χ1) is 12.8. The molecule has 0 bridgehead atoms. The lowest BCUT2D eigenvalue weighted by Crippen LogP contribution is -2.37. The Balaban J connectivity index is 1.68. The molecule has 1 aliphatic rings. The van der Waals surface area contributed by atoms with Gasteiger partial charge in [-0.15, -0.1) is 13.0 Å². The van der Waals surface area contributed by atoms with E-state index in [0.29, 0.717) is 19.8 Å². The third-order valence-electron chi connectivity index (χ3n) is 4.67. The molecule has 0 aromatic heterocycles. The van der Waals surface area contributed by atoms with Crippen LogP contribution in [0.25, 0.3) is 0 Å². The second kappa shape index (κ2) is 9.35. The van der Waals surface area contributed by atoms with Crippen molar-refractivity contribution in [2.45, 2.75) is 31.5 Å². The second-order valence-corrected chi connectivity index (χ2v) is 6.46. The van der Waals surface area contributed by atoms with Gasteiger partial charge in [0, 0.05) is 6.54 Å². The molecule has 1 fully saturated rings. The summed E-state index contributed by atoms with van der Waals surface area (Å²) in [6, 6.07) is 20.4. The van der Waals surface area contributed by atoms with Crippen LogP contribution in [-0.2, 0) is 22.7 Å². The minimum absolute atomic E-state index is 0.0460. The van der Waals surface area contributed by atoms with Crippen LogP contribution in [0.1, 0.15) is 11.1 Å². The summed E-state index contributed by atoms with van der Waals surface area (Å²) in [5.74, 6) is 2.73. The van der Waals surface area contributed by atoms with Gasteiger partial charge in [-0.3, -0.25) is 4.90 Å². The van der Waals surface area contributed by atoms with Gasteiger partial charge < -0.3 is 9.47 Å². The standard InChI is InChI=1S/C23H25NO2/c1-3-15-24-16-22(25-17-19-11-7-5-8-12-19)23(21(24)4-2)26-18-20-13-9-6-10-14-20/h1,4-14,21-23H,2,15-18H2/t21-,22-,23-/m0/s1. The number of hydrogen-bond acceptors (Lipinski definition) is 3. The first-order valence-corrected chi connectivity index (χ1v) is 8.93. The monoisotopic (exact) mass is 347 g/mol. The zero-order chi connectivity index (χ0) is 18.2. The quantitative estimate of drug-likeness (QED) is 0.537. The summed E-state index contributed by atoms with van der Waals surface area (Å²) < 4.78 is 12.5. The predicted molar refractivity (Wildman–Crippen MR) is 104 cm³/mol. The van der Waals surface area contributed by atoms with Gasteiger partial charge in [0.1, 0.15) is 6.10 Å². The molecular formula is C23H25NO2. The van der Waals surface area contributed by atoms with E-state index < -0.39 is 0 Å². The number of nitrogens with zero attached hydrogens (tertiary/aromatic N) is 1. The zero-order valence-electron chi connectivity index (χ0n) is 15.0. The fraction of sp³-hybridized carbons (Fsp3) is 0.304. The predicted octanol–water partition coefficient (Wildman–Crippen LogP) is 3.66. The Morgan fingerprint density at radius 2 is 1.58 bits per heavy atom. The van der Waals surface area contributed by atoms with Crippen molar-refractivity contribution in [1.29, 1.82) is 0 Å². The van der Waals surface area contributed by atoms with Crippen LogP contribution in [0.4, 0.5) is 0 Å². The number of likely N-dealkylation sites (tertiary alicyclic amines) is 1. The molecule has 0 radical (unpaired) electrons.